The fraction of sp³-hybridized carbons (Fsp3) is 0.350. The zero-order chi connectivity index (χ0) is 18.7. The smallest absolute Gasteiger partial charge is 0.226 e. The second kappa shape index (κ2) is 7.74. The van der Waals surface area contributed by atoms with E-state index < -0.39 is 11.9 Å². The van der Waals surface area contributed by atoms with E-state index in [-0.39, 0.29) is 18.9 Å². The molecule has 0 aliphatic carbocycles. The molecule has 0 bridgehead atoms. The van der Waals surface area contributed by atoms with Gasteiger partial charge in [0.2, 0.25) is 5.91 Å². The molecule has 1 aliphatic rings. The van der Waals surface area contributed by atoms with Crippen LogP contribution in [0.15, 0.2) is 36.4 Å². The lowest BCUT2D eigenvalue weighted by molar-refractivity contribution is -0.116. The number of hydrogen-bond acceptors (Lipinski definition) is 4. The Hall–Kier alpha value is -2.60. The molecule has 3 rings (SSSR count). The maximum atomic E-state index is 13.5. The average molecular weight is 358 g/mol. The van der Waals surface area contributed by atoms with Gasteiger partial charge >= 0.3 is 0 Å². The molecule has 5 nitrogen and oxygen atoms in total. The molecule has 1 atom stereocenters. The summed E-state index contributed by atoms with van der Waals surface area (Å²) < 4.78 is 19.2. The van der Waals surface area contributed by atoms with Crippen LogP contribution in [-0.4, -0.2) is 36.8 Å². The molecule has 138 valence electrons. The Labute approximate surface area is 152 Å². The number of rotatable bonds is 5. The lowest BCUT2D eigenvalue weighted by atomic mass is 10.1. The van der Waals surface area contributed by atoms with Crippen molar-refractivity contribution >= 4 is 17.3 Å². The fourth-order valence-corrected chi connectivity index (χ4v) is 3.10. The molecule has 26 heavy (non-hydrogen) atoms. The van der Waals surface area contributed by atoms with Gasteiger partial charge in [-0.2, -0.15) is 0 Å². The van der Waals surface area contributed by atoms with E-state index in [4.69, 9.17) is 4.74 Å². The number of carbonyl (C=O) groups is 1. The normalized spacial score (nSPS) is 15.1. The number of carbonyl (C=O) groups excluding carboxylic acids is 1. The van der Waals surface area contributed by atoms with Crippen LogP contribution in [-0.2, 0) is 4.79 Å². The van der Waals surface area contributed by atoms with E-state index >= 15 is 0 Å². The van der Waals surface area contributed by atoms with Gasteiger partial charge < -0.3 is 20.1 Å². The number of hydrogen-bond donors (Lipinski definition) is 2. The molecule has 0 spiro atoms. The summed E-state index contributed by atoms with van der Waals surface area (Å²) in [4.78, 5) is 13.7. The van der Waals surface area contributed by atoms with Gasteiger partial charge in [0, 0.05) is 19.5 Å². The van der Waals surface area contributed by atoms with Crippen molar-refractivity contribution in [1.82, 2.24) is 0 Å². The van der Waals surface area contributed by atoms with Crippen molar-refractivity contribution in [1.29, 1.82) is 0 Å². The molecule has 6 heteroatoms. The van der Waals surface area contributed by atoms with E-state index in [1.54, 1.807) is 6.07 Å². The summed E-state index contributed by atoms with van der Waals surface area (Å²) in [5, 5.41) is 13.1. The van der Waals surface area contributed by atoms with Crippen molar-refractivity contribution in [3.63, 3.8) is 0 Å². The zero-order valence-electron chi connectivity index (χ0n) is 15.0. The molecule has 0 saturated carbocycles. The van der Waals surface area contributed by atoms with E-state index in [1.807, 2.05) is 36.9 Å². The number of anilines is 2. The van der Waals surface area contributed by atoms with Gasteiger partial charge in [-0.15, -0.1) is 0 Å². The van der Waals surface area contributed by atoms with E-state index in [0.29, 0.717) is 24.5 Å². The van der Waals surface area contributed by atoms with Gasteiger partial charge in [0.15, 0.2) is 0 Å². The summed E-state index contributed by atoms with van der Waals surface area (Å²) in [6, 6.07) is 10.1. The zero-order valence-corrected chi connectivity index (χ0v) is 15.0. The minimum absolute atomic E-state index is 0.137. The standard InChI is InChI=1S/C20H23FN2O3/c1-13-3-6-19(14(2)9-13)26-12-16(24)11-23-8-7-20(25)22-17-10-15(21)4-5-18(17)23/h3-6,9-10,16,24H,7-8,11-12H2,1-2H3,(H,22,25). The highest BCUT2D eigenvalue weighted by atomic mass is 19.1. The molecule has 0 radical (unpaired) electrons. The first-order valence-corrected chi connectivity index (χ1v) is 8.65. The van der Waals surface area contributed by atoms with Gasteiger partial charge in [-0.3, -0.25) is 4.79 Å². The predicted molar refractivity (Wildman–Crippen MR) is 99.3 cm³/mol. The third-order valence-corrected chi connectivity index (χ3v) is 4.37. The second-order valence-corrected chi connectivity index (χ2v) is 6.64. The SMILES string of the molecule is Cc1ccc(OCC(O)CN2CCC(=O)Nc3cc(F)ccc32)c(C)c1. The molecule has 1 heterocycles. The molecule has 0 fully saturated rings. The maximum absolute atomic E-state index is 13.5. The number of β-amino-alcohol motifs (C(OH)–C–C–N with tert-alkyl or cyclic N) is 1. The molecule has 1 aliphatic heterocycles. The molecule has 0 saturated heterocycles. The Kier molecular flexibility index (Phi) is 5.42. The first-order chi connectivity index (χ1) is 12.4. The third kappa shape index (κ3) is 4.32. The van der Waals surface area contributed by atoms with Crippen molar-refractivity contribution in [3.05, 3.63) is 53.3 Å². The second-order valence-electron chi connectivity index (χ2n) is 6.64. The van der Waals surface area contributed by atoms with Crippen LogP contribution >= 0.6 is 0 Å². The van der Waals surface area contributed by atoms with Crippen LogP contribution in [0.3, 0.4) is 0 Å². The average Bonchev–Trinajstić information content (AvgIpc) is 2.72. The number of ether oxygens (including phenoxy) is 1. The van der Waals surface area contributed by atoms with E-state index in [0.717, 1.165) is 16.9 Å². The Bertz CT molecular complexity index is 810. The summed E-state index contributed by atoms with van der Waals surface area (Å²) in [6.45, 7) is 4.86. The van der Waals surface area contributed by atoms with Gasteiger partial charge in [-0.25, -0.2) is 4.39 Å². The van der Waals surface area contributed by atoms with Gasteiger partial charge in [0.1, 0.15) is 24.3 Å². The molecule has 1 unspecified atom stereocenters. The Balaban J connectivity index is 1.67. The van der Waals surface area contributed by atoms with Crippen LogP contribution in [0.25, 0.3) is 0 Å². The van der Waals surface area contributed by atoms with Crippen molar-refractivity contribution in [3.8, 4) is 5.75 Å². The monoisotopic (exact) mass is 358 g/mol. The number of aryl methyl sites for hydroxylation is 2. The number of fused-ring (bicyclic) bond motifs is 1. The maximum Gasteiger partial charge on any atom is 0.226 e. The molecule has 1 amide bonds. The number of halogens is 1. The molecular weight excluding hydrogens is 335 g/mol. The summed E-state index contributed by atoms with van der Waals surface area (Å²) in [7, 11) is 0. The first-order valence-electron chi connectivity index (χ1n) is 8.65. The van der Waals surface area contributed by atoms with Gasteiger partial charge in [-0.05, 0) is 43.7 Å². The van der Waals surface area contributed by atoms with Crippen LogP contribution < -0.4 is 15.0 Å². The number of aliphatic hydroxyl groups is 1. The predicted octanol–water partition coefficient (Wildman–Crippen LogP) is 3.03. The Morgan fingerprint density at radius 1 is 1.27 bits per heavy atom. The minimum Gasteiger partial charge on any atom is -0.491 e. The highest BCUT2D eigenvalue weighted by Gasteiger charge is 2.22. The van der Waals surface area contributed by atoms with Crippen LogP contribution in [0, 0.1) is 19.7 Å². The first kappa shape index (κ1) is 18.2. The molecular formula is C20H23FN2O3. The molecule has 2 N–H and O–H groups in total. The number of benzene rings is 2. The largest absolute Gasteiger partial charge is 0.491 e. The lowest BCUT2D eigenvalue weighted by Gasteiger charge is -2.27. The fourth-order valence-electron chi connectivity index (χ4n) is 3.10. The van der Waals surface area contributed by atoms with Crippen LogP contribution in [0.1, 0.15) is 17.5 Å². The Morgan fingerprint density at radius 3 is 2.85 bits per heavy atom. The van der Waals surface area contributed by atoms with Crippen LogP contribution in [0.5, 0.6) is 5.75 Å². The molecule has 0 aromatic heterocycles. The number of nitrogens with one attached hydrogen (secondary N) is 1. The number of aliphatic hydroxyl groups excluding tert-OH is 1. The summed E-state index contributed by atoms with van der Waals surface area (Å²) in [5.41, 5.74) is 3.29. The minimum atomic E-state index is -0.748. The van der Waals surface area contributed by atoms with Crippen LogP contribution in [0.4, 0.5) is 15.8 Å². The van der Waals surface area contributed by atoms with E-state index in [1.165, 1.54) is 12.1 Å². The lowest BCUT2D eigenvalue weighted by Crippen LogP contribution is -2.36. The van der Waals surface area contributed by atoms with Crippen LogP contribution in [0.2, 0.25) is 0 Å². The highest BCUT2D eigenvalue weighted by Crippen LogP contribution is 2.29. The van der Waals surface area contributed by atoms with E-state index in [9.17, 15) is 14.3 Å². The van der Waals surface area contributed by atoms with Crippen molar-refractivity contribution in [2.24, 2.45) is 0 Å². The van der Waals surface area contributed by atoms with Gasteiger partial charge in [0.05, 0.1) is 11.4 Å². The van der Waals surface area contributed by atoms with E-state index in [2.05, 4.69) is 5.32 Å². The summed E-state index contributed by atoms with van der Waals surface area (Å²) >= 11 is 0. The topological polar surface area (TPSA) is 61.8 Å². The number of amides is 1. The third-order valence-electron chi connectivity index (χ3n) is 4.37. The van der Waals surface area contributed by atoms with Gasteiger partial charge in [0.25, 0.3) is 0 Å². The quantitative estimate of drug-likeness (QED) is 0.862. The van der Waals surface area contributed by atoms with Crippen molar-refractivity contribution in [2.75, 3.05) is 29.9 Å². The summed E-state index contributed by atoms with van der Waals surface area (Å²) in [5.74, 6) is 0.162. The summed E-state index contributed by atoms with van der Waals surface area (Å²) in [6.07, 6.45) is -0.470. The van der Waals surface area contributed by atoms with Gasteiger partial charge in [-0.1, -0.05) is 17.7 Å². The van der Waals surface area contributed by atoms with Crippen molar-refractivity contribution < 1.29 is 19.0 Å². The molecule has 2 aromatic rings. The number of nitrogens with zero attached hydrogens (tertiary/aromatic N) is 1. The highest BCUT2D eigenvalue weighted by molar-refractivity contribution is 5.96. The molecule has 2 aromatic carbocycles. The Morgan fingerprint density at radius 2 is 2.08 bits per heavy atom. The van der Waals surface area contributed by atoms with Crippen molar-refractivity contribution in [2.45, 2.75) is 26.4 Å².